The van der Waals surface area contributed by atoms with Crippen molar-refractivity contribution in [3.05, 3.63) is 88.4 Å². The van der Waals surface area contributed by atoms with Gasteiger partial charge < -0.3 is 15.5 Å². The molecule has 0 radical (unpaired) electrons. The first kappa shape index (κ1) is 21.6. The number of carbonyl (C=O) groups excluding carboxylic acids is 3. The summed E-state index contributed by atoms with van der Waals surface area (Å²) in [5, 5.41) is 6.07. The molecule has 0 spiro atoms. The lowest BCUT2D eigenvalue weighted by Crippen LogP contribution is -2.35. The highest BCUT2D eigenvalue weighted by atomic mass is 35.5. The van der Waals surface area contributed by atoms with Crippen molar-refractivity contribution in [2.75, 3.05) is 22.1 Å². The fraction of sp³-hybridized carbons (Fsp3) is 0.160. The molecule has 0 aromatic heterocycles. The van der Waals surface area contributed by atoms with Gasteiger partial charge in [-0.25, -0.2) is 0 Å². The maximum absolute atomic E-state index is 13.0. The highest BCUT2D eigenvalue weighted by Gasteiger charge is 2.24. The SMILES string of the molecule is CC(=O)Nc1cccc(NC(=O)c2ccc3c(c2)CCCN3C(=O)c2cccc(Cl)c2)c1. The van der Waals surface area contributed by atoms with Crippen molar-refractivity contribution in [3.63, 3.8) is 0 Å². The van der Waals surface area contributed by atoms with E-state index in [1.54, 1.807) is 59.5 Å². The van der Waals surface area contributed by atoms with E-state index in [9.17, 15) is 14.4 Å². The van der Waals surface area contributed by atoms with E-state index in [1.807, 2.05) is 12.1 Å². The van der Waals surface area contributed by atoms with E-state index in [0.717, 1.165) is 24.1 Å². The van der Waals surface area contributed by atoms with Gasteiger partial charge in [-0.1, -0.05) is 23.7 Å². The number of rotatable bonds is 4. The summed E-state index contributed by atoms with van der Waals surface area (Å²) in [5.41, 5.74) is 3.99. The lowest BCUT2D eigenvalue weighted by molar-refractivity contribution is -0.114. The van der Waals surface area contributed by atoms with Crippen molar-refractivity contribution in [2.24, 2.45) is 0 Å². The fourth-order valence-corrected chi connectivity index (χ4v) is 4.00. The molecule has 0 saturated carbocycles. The molecule has 1 aliphatic heterocycles. The molecule has 4 rings (SSSR count). The van der Waals surface area contributed by atoms with Crippen molar-refractivity contribution in [2.45, 2.75) is 19.8 Å². The summed E-state index contributed by atoms with van der Waals surface area (Å²) < 4.78 is 0. The van der Waals surface area contributed by atoms with Crippen LogP contribution in [0.15, 0.2) is 66.7 Å². The van der Waals surface area contributed by atoms with Crippen molar-refractivity contribution in [3.8, 4) is 0 Å². The van der Waals surface area contributed by atoms with Crippen molar-refractivity contribution in [1.82, 2.24) is 0 Å². The summed E-state index contributed by atoms with van der Waals surface area (Å²) in [6.07, 6.45) is 1.59. The molecule has 0 unspecified atom stereocenters. The Balaban J connectivity index is 1.54. The molecule has 0 atom stereocenters. The monoisotopic (exact) mass is 447 g/mol. The van der Waals surface area contributed by atoms with Crippen LogP contribution in [-0.2, 0) is 11.2 Å². The van der Waals surface area contributed by atoms with Crippen LogP contribution in [0.4, 0.5) is 17.1 Å². The third kappa shape index (κ3) is 4.81. The van der Waals surface area contributed by atoms with Gasteiger partial charge in [0, 0.05) is 46.7 Å². The Hall–Kier alpha value is -3.64. The zero-order valence-electron chi connectivity index (χ0n) is 17.5. The molecule has 0 aliphatic carbocycles. The predicted molar refractivity (Wildman–Crippen MR) is 127 cm³/mol. The number of nitrogens with one attached hydrogen (secondary N) is 2. The number of hydrogen-bond donors (Lipinski definition) is 2. The van der Waals surface area contributed by atoms with Crippen molar-refractivity contribution < 1.29 is 14.4 Å². The molecule has 3 amide bonds. The molecule has 2 N–H and O–H groups in total. The van der Waals surface area contributed by atoms with Gasteiger partial charge in [0.2, 0.25) is 5.91 Å². The van der Waals surface area contributed by atoms with E-state index in [2.05, 4.69) is 10.6 Å². The normalized spacial score (nSPS) is 12.6. The summed E-state index contributed by atoms with van der Waals surface area (Å²) in [4.78, 5) is 38.8. The van der Waals surface area contributed by atoms with E-state index in [1.165, 1.54) is 6.92 Å². The molecule has 0 bridgehead atoms. The van der Waals surface area contributed by atoms with Gasteiger partial charge in [-0.2, -0.15) is 0 Å². The molecule has 1 heterocycles. The lowest BCUT2D eigenvalue weighted by atomic mass is 9.98. The number of anilines is 3. The van der Waals surface area contributed by atoms with Gasteiger partial charge in [0.15, 0.2) is 0 Å². The minimum Gasteiger partial charge on any atom is -0.326 e. The number of nitrogens with zero attached hydrogens (tertiary/aromatic N) is 1. The smallest absolute Gasteiger partial charge is 0.258 e. The first-order valence-electron chi connectivity index (χ1n) is 10.3. The van der Waals surface area contributed by atoms with Gasteiger partial charge in [-0.05, 0) is 73.0 Å². The second-order valence-corrected chi connectivity index (χ2v) is 8.07. The average molecular weight is 448 g/mol. The maximum atomic E-state index is 13.0. The van der Waals surface area contributed by atoms with Crippen LogP contribution in [0.3, 0.4) is 0 Å². The minimum atomic E-state index is -0.258. The molecular formula is C25H22ClN3O3. The summed E-state index contributed by atoms with van der Waals surface area (Å²) in [7, 11) is 0. The third-order valence-corrected chi connectivity index (χ3v) is 5.45. The van der Waals surface area contributed by atoms with Gasteiger partial charge in [0.05, 0.1) is 0 Å². The van der Waals surface area contributed by atoms with Gasteiger partial charge in [-0.15, -0.1) is 0 Å². The molecule has 1 aliphatic rings. The molecule has 0 saturated heterocycles. The van der Waals surface area contributed by atoms with Crippen LogP contribution >= 0.6 is 11.6 Å². The number of amides is 3. The Morgan fingerprint density at radius 3 is 2.38 bits per heavy atom. The zero-order valence-corrected chi connectivity index (χ0v) is 18.3. The quantitative estimate of drug-likeness (QED) is 0.581. The summed E-state index contributed by atoms with van der Waals surface area (Å²) >= 11 is 6.05. The molecule has 32 heavy (non-hydrogen) atoms. The van der Waals surface area contributed by atoms with E-state index in [4.69, 9.17) is 11.6 Å². The third-order valence-electron chi connectivity index (χ3n) is 5.22. The first-order valence-corrected chi connectivity index (χ1v) is 10.7. The molecule has 0 fully saturated rings. The van der Waals surface area contributed by atoms with Crippen molar-refractivity contribution in [1.29, 1.82) is 0 Å². The average Bonchev–Trinajstić information content (AvgIpc) is 2.77. The molecule has 3 aromatic carbocycles. The maximum Gasteiger partial charge on any atom is 0.258 e. The highest BCUT2D eigenvalue weighted by molar-refractivity contribution is 6.31. The lowest BCUT2D eigenvalue weighted by Gasteiger charge is -2.30. The van der Waals surface area contributed by atoms with Crippen molar-refractivity contribution >= 4 is 46.4 Å². The number of benzene rings is 3. The summed E-state index contributed by atoms with van der Waals surface area (Å²) in [6, 6.07) is 19.2. The van der Waals surface area contributed by atoms with Crippen LogP contribution in [0.2, 0.25) is 5.02 Å². The standard InChI is InChI=1S/C25H22ClN3O3/c1-16(30)27-21-8-3-9-22(15-21)28-24(31)18-10-11-23-17(13-18)6-4-12-29(23)25(32)19-5-2-7-20(26)14-19/h2-3,5,7-11,13-15H,4,6,12H2,1H3,(H,27,30)(H,28,31). The number of hydrogen-bond acceptors (Lipinski definition) is 3. The minimum absolute atomic E-state index is 0.111. The Bertz CT molecular complexity index is 1210. The molecular weight excluding hydrogens is 426 g/mol. The molecule has 162 valence electrons. The molecule has 6 nitrogen and oxygen atoms in total. The fourth-order valence-electron chi connectivity index (χ4n) is 3.81. The highest BCUT2D eigenvalue weighted by Crippen LogP contribution is 2.30. The van der Waals surface area contributed by atoms with Crippen LogP contribution in [0, 0.1) is 0 Å². The molecule has 3 aromatic rings. The predicted octanol–water partition coefficient (Wildman–Crippen LogP) is 5.14. The Labute approximate surface area is 191 Å². The van der Waals surface area contributed by atoms with E-state index >= 15 is 0 Å². The molecule has 7 heteroatoms. The number of carbonyl (C=O) groups is 3. The Morgan fingerprint density at radius 2 is 1.62 bits per heavy atom. The number of fused-ring (bicyclic) bond motifs is 1. The van der Waals surface area contributed by atoms with Gasteiger partial charge in [0.25, 0.3) is 11.8 Å². The van der Waals surface area contributed by atoms with Crippen LogP contribution < -0.4 is 15.5 Å². The van der Waals surface area contributed by atoms with Crippen LogP contribution in [0.1, 0.15) is 39.6 Å². The largest absolute Gasteiger partial charge is 0.326 e. The first-order chi connectivity index (χ1) is 15.4. The van der Waals surface area contributed by atoms with Gasteiger partial charge >= 0.3 is 0 Å². The Morgan fingerprint density at radius 1 is 0.875 bits per heavy atom. The second kappa shape index (κ2) is 9.24. The second-order valence-electron chi connectivity index (χ2n) is 7.63. The zero-order chi connectivity index (χ0) is 22.7. The van der Waals surface area contributed by atoms with Crippen LogP contribution in [0.25, 0.3) is 0 Å². The van der Waals surface area contributed by atoms with Gasteiger partial charge in [-0.3, -0.25) is 14.4 Å². The van der Waals surface area contributed by atoms with Crippen LogP contribution in [0.5, 0.6) is 0 Å². The van der Waals surface area contributed by atoms with Crippen LogP contribution in [-0.4, -0.2) is 24.3 Å². The van der Waals surface area contributed by atoms with E-state index in [-0.39, 0.29) is 17.7 Å². The van der Waals surface area contributed by atoms with E-state index < -0.39 is 0 Å². The topological polar surface area (TPSA) is 78.5 Å². The summed E-state index contributed by atoms with van der Waals surface area (Å²) in [6.45, 7) is 2.04. The van der Waals surface area contributed by atoms with Gasteiger partial charge in [0.1, 0.15) is 0 Å². The van der Waals surface area contributed by atoms with E-state index in [0.29, 0.717) is 34.1 Å². The number of aryl methyl sites for hydroxylation is 1. The number of halogens is 1. The summed E-state index contributed by atoms with van der Waals surface area (Å²) in [5.74, 6) is -0.549. The Kier molecular flexibility index (Phi) is 6.23.